The van der Waals surface area contributed by atoms with Gasteiger partial charge in [0.15, 0.2) is 0 Å². The van der Waals surface area contributed by atoms with Gasteiger partial charge in [-0.05, 0) is 18.9 Å². The van der Waals surface area contributed by atoms with Crippen LogP contribution in [0.1, 0.15) is 24.8 Å². The summed E-state index contributed by atoms with van der Waals surface area (Å²) in [5, 5.41) is 0. The Morgan fingerprint density at radius 3 is 2.45 bits per heavy atom. The highest BCUT2D eigenvalue weighted by Crippen LogP contribution is 2.15. The highest BCUT2D eigenvalue weighted by atomic mass is 32.2. The van der Waals surface area contributed by atoms with Gasteiger partial charge in [-0.1, -0.05) is 30.4 Å². The van der Waals surface area contributed by atoms with Crippen molar-refractivity contribution in [2.24, 2.45) is 11.5 Å². The molecule has 0 atom stereocenters. The monoisotopic (exact) mass is 315 g/mol. The molecule has 0 heterocycles. The summed E-state index contributed by atoms with van der Waals surface area (Å²) in [5.74, 6) is -0.397. The van der Waals surface area contributed by atoms with E-state index in [0.29, 0.717) is 18.4 Å². The maximum Gasteiger partial charge on any atom is 0.241 e. The first-order valence-electron chi connectivity index (χ1n) is 6.01. The van der Waals surface area contributed by atoms with E-state index in [4.69, 9.17) is 23.7 Å². The number of nitrogens with two attached hydrogens (primary N) is 2. The lowest BCUT2D eigenvalue weighted by Crippen LogP contribution is -2.27. The average molecular weight is 315 g/mol. The fourth-order valence-electron chi connectivity index (χ4n) is 1.61. The molecular formula is C12H17N3O3S2. The van der Waals surface area contributed by atoms with Gasteiger partial charge in [0.05, 0.1) is 4.90 Å². The summed E-state index contributed by atoms with van der Waals surface area (Å²) in [6.45, 7) is 0.223. The molecule has 6 nitrogen and oxygen atoms in total. The van der Waals surface area contributed by atoms with Crippen LogP contribution in [-0.4, -0.2) is 25.9 Å². The molecule has 0 aliphatic rings. The van der Waals surface area contributed by atoms with Gasteiger partial charge in [0.25, 0.3) is 0 Å². The lowest BCUT2D eigenvalue weighted by Gasteiger charge is -2.10. The second-order valence-corrected chi connectivity index (χ2v) is 6.36. The number of carbonyl (C=O) groups is 1. The molecular weight excluding hydrogens is 298 g/mol. The van der Waals surface area contributed by atoms with E-state index in [1.165, 1.54) is 6.07 Å². The first-order chi connectivity index (χ1) is 9.34. The van der Waals surface area contributed by atoms with E-state index >= 15 is 0 Å². The van der Waals surface area contributed by atoms with Crippen LogP contribution in [0.2, 0.25) is 0 Å². The van der Waals surface area contributed by atoms with E-state index in [1.54, 1.807) is 18.2 Å². The number of nitrogens with one attached hydrogen (secondary N) is 1. The number of benzene rings is 1. The van der Waals surface area contributed by atoms with Crippen LogP contribution in [0.25, 0.3) is 0 Å². The van der Waals surface area contributed by atoms with Gasteiger partial charge in [-0.3, -0.25) is 4.79 Å². The van der Waals surface area contributed by atoms with Crippen molar-refractivity contribution in [3.63, 3.8) is 0 Å². The lowest BCUT2D eigenvalue weighted by atomic mass is 10.2. The normalized spacial score (nSPS) is 11.2. The standard InChI is InChI=1S/C12H17N3O3S2/c13-11(16)7-3-4-8-15-20(17,18)10-6-2-1-5-9(10)12(14)19/h1-2,5-6,15H,3-4,7-8H2,(H2,13,16)(H2,14,19). The summed E-state index contributed by atoms with van der Waals surface area (Å²) in [5.41, 5.74) is 10.8. The molecule has 0 fully saturated rings. The van der Waals surface area contributed by atoms with E-state index in [1.807, 2.05) is 0 Å². The van der Waals surface area contributed by atoms with E-state index in [0.717, 1.165) is 0 Å². The van der Waals surface area contributed by atoms with Crippen LogP contribution in [0.3, 0.4) is 0 Å². The average Bonchev–Trinajstić information content (AvgIpc) is 2.37. The molecule has 0 aliphatic carbocycles. The molecule has 0 spiro atoms. The Morgan fingerprint density at radius 2 is 1.85 bits per heavy atom. The molecule has 0 bridgehead atoms. The van der Waals surface area contributed by atoms with E-state index in [9.17, 15) is 13.2 Å². The Bertz CT molecular complexity index is 600. The molecule has 20 heavy (non-hydrogen) atoms. The first-order valence-corrected chi connectivity index (χ1v) is 7.90. The van der Waals surface area contributed by atoms with Gasteiger partial charge >= 0.3 is 0 Å². The predicted molar refractivity (Wildman–Crippen MR) is 80.6 cm³/mol. The summed E-state index contributed by atoms with van der Waals surface area (Å²) in [7, 11) is -3.67. The van der Waals surface area contributed by atoms with E-state index in [2.05, 4.69) is 4.72 Å². The van der Waals surface area contributed by atoms with Crippen molar-refractivity contribution in [2.45, 2.75) is 24.2 Å². The zero-order valence-electron chi connectivity index (χ0n) is 10.8. The Balaban J connectivity index is 2.70. The Hall–Kier alpha value is -1.51. The Labute approximate surface area is 123 Å². The number of hydrogen-bond donors (Lipinski definition) is 3. The lowest BCUT2D eigenvalue weighted by molar-refractivity contribution is -0.118. The van der Waals surface area contributed by atoms with Gasteiger partial charge in [0.1, 0.15) is 4.99 Å². The predicted octanol–water partition coefficient (Wildman–Crippen LogP) is 0.255. The number of unbranched alkanes of at least 4 members (excludes halogenated alkanes) is 1. The van der Waals surface area contributed by atoms with Gasteiger partial charge in [0.2, 0.25) is 15.9 Å². The third-order valence-electron chi connectivity index (χ3n) is 2.58. The molecule has 8 heteroatoms. The van der Waals surface area contributed by atoms with Gasteiger partial charge < -0.3 is 11.5 Å². The smallest absolute Gasteiger partial charge is 0.241 e. The molecule has 5 N–H and O–H groups in total. The van der Waals surface area contributed by atoms with Crippen molar-refractivity contribution < 1.29 is 13.2 Å². The molecule has 0 unspecified atom stereocenters. The molecule has 1 rings (SSSR count). The first kappa shape index (κ1) is 16.5. The van der Waals surface area contributed by atoms with Crippen LogP contribution in [0, 0.1) is 0 Å². The van der Waals surface area contributed by atoms with Crippen LogP contribution in [0.15, 0.2) is 29.2 Å². The number of primary amides is 1. The zero-order valence-corrected chi connectivity index (χ0v) is 12.5. The minimum Gasteiger partial charge on any atom is -0.389 e. The van der Waals surface area contributed by atoms with Gasteiger partial charge in [-0.2, -0.15) is 0 Å². The minimum absolute atomic E-state index is 0.0275. The number of carbonyl (C=O) groups excluding carboxylic acids is 1. The third kappa shape index (κ3) is 4.87. The zero-order chi connectivity index (χ0) is 15.2. The second-order valence-electron chi connectivity index (χ2n) is 4.18. The van der Waals surface area contributed by atoms with E-state index < -0.39 is 15.9 Å². The van der Waals surface area contributed by atoms with Crippen molar-refractivity contribution >= 4 is 33.1 Å². The largest absolute Gasteiger partial charge is 0.389 e. The summed E-state index contributed by atoms with van der Waals surface area (Å²) >= 11 is 4.84. The van der Waals surface area contributed by atoms with Crippen LogP contribution >= 0.6 is 12.2 Å². The highest BCUT2D eigenvalue weighted by molar-refractivity contribution is 7.89. The van der Waals surface area contributed by atoms with Crippen molar-refractivity contribution in [1.82, 2.24) is 4.72 Å². The van der Waals surface area contributed by atoms with Crippen LogP contribution in [0.4, 0.5) is 0 Å². The molecule has 0 radical (unpaired) electrons. The second kappa shape index (κ2) is 7.32. The molecule has 1 aromatic carbocycles. The number of hydrogen-bond acceptors (Lipinski definition) is 4. The summed E-state index contributed by atoms with van der Waals surface area (Å²) in [6.07, 6.45) is 1.30. The van der Waals surface area contributed by atoms with Gasteiger partial charge in [0, 0.05) is 18.5 Å². The maximum absolute atomic E-state index is 12.1. The molecule has 110 valence electrons. The van der Waals surface area contributed by atoms with Crippen molar-refractivity contribution in [1.29, 1.82) is 0 Å². The Kier molecular flexibility index (Phi) is 6.05. The third-order valence-corrected chi connectivity index (χ3v) is 4.32. The van der Waals surface area contributed by atoms with Crippen molar-refractivity contribution in [3.8, 4) is 0 Å². The topological polar surface area (TPSA) is 115 Å². The summed E-state index contributed by atoms with van der Waals surface area (Å²) in [4.78, 5) is 10.6. The fraction of sp³-hybridized carbons (Fsp3) is 0.333. The number of sulfonamides is 1. The maximum atomic E-state index is 12.1. The van der Waals surface area contributed by atoms with Gasteiger partial charge in [-0.25, -0.2) is 13.1 Å². The van der Waals surface area contributed by atoms with Gasteiger partial charge in [-0.15, -0.1) is 0 Å². The molecule has 1 aromatic rings. The summed E-state index contributed by atoms with van der Waals surface area (Å²) in [6, 6.07) is 6.27. The van der Waals surface area contributed by atoms with Crippen LogP contribution in [0.5, 0.6) is 0 Å². The summed E-state index contributed by atoms with van der Waals surface area (Å²) < 4.78 is 26.7. The molecule has 0 aromatic heterocycles. The van der Waals surface area contributed by atoms with E-state index in [-0.39, 0.29) is 22.8 Å². The Morgan fingerprint density at radius 1 is 1.20 bits per heavy atom. The van der Waals surface area contributed by atoms with Crippen LogP contribution in [-0.2, 0) is 14.8 Å². The quantitative estimate of drug-likeness (QED) is 0.470. The molecule has 1 amide bonds. The van der Waals surface area contributed by atoms with Crippen molar-refractivity contribution in [3.05, 3.63) is 29.8 Å². The SMILES string of the molecule is NC(=O)CCCCNS(=O)(=O)c1ccccc1C(N)=S. The number of rotatable bonds is 8. The fourth-order valence-corrected chi connectivity index (χ4v) is 3.15. The highest BCUT2D eigenvalue weighted by Gasteiger charge is 2.18. The number of thiocarbonyl (C=S) groups is 1. The minimum atomic E-state index is -3.67. The molecule has 0 saturated carbocycles. The molecule has 0 saturated heterocycles. The van der Waals surface area contributed by atoms with Crippen LogP contribution < -0.4 is 16.2 Å². The van der Waals surface area contributed by atoms with Crippen molar-refractivity contribution in [2.75, 3.05) is 6.54 Å². The molecule has 0 aliphatic heterocycles. The number of amides is 1.